The van der Waals surface area contributed by atoms with Crippen molar-refractivity contribution in [1.29, 1.82) is 0 Å². The summed E-state index contributed by atoms with van der Waals surface area (Å²) in [4.78, 5) is 82.7. The van der Waals surface area contributed by atoms with Crippen LogP contribution < -0.4 is 21.3 Å². The van der Waals surface area contributed by atoms with Crippen LogP contribution >= 0.6 is 0 Å². The second-order valence-electron chi connectivity index (χ2n) is 15.9. The Labute approximate surface area is 291 Å². The second kappa shape index (κ2) is 17.4. The minimum absolute atomic E-state index is 0.118. The monoisotopic (exact) mass is 688 g/mol. The van der Waals surface area contributed by atoms with E-state index in [1.165, 1.54) is 15.9 Å². The molecule has 49 heavy (non-hydrogen) atoms. The molecule has 1 saturated carbocycles. The van der Waals surface area contributed by atoms with Crippen LogP contribution in [0.15, 0.2) is 12.7 Å². The summed E-state index contributed by atoms with van der Waals surface area (Å²) < 4.78 is 0. The molecule has 2 unspecified atom stereocenters. The van der Waals surface area contributed by atoms with E-state index < -0.39 is 59.4 Å². The lowest BCUT2D eigenvalue weighted by molar-refractivity contribution is -0.155. The summed E-state index contributed by atoms with van der Waals surface area (Å²) >= 11 is 0. The number of ketones is 1. The highest BCUT2D eigenvalue weighted by Crippen LogP contribution is 2.35. The summed E-state index contributed by atoms with van der Waals surface area (Å²) in [7, 11) is 0. The average Bonchev–Trinajstić information content (AvgIpc) is 3.52. The number of nitrogens with one attached hydrogen (secondary N) is 4. The molecular formula is C36H60N6O7. The Morgan fingerprint density at radius 1 is 1.02 bits per heavy atom. The van der Waals surface area contributed by atoms with E-state index in [0.29, 0.717) is 38.6 Å². The average molecular weight is 689 g/mol. The first-order chi connectivity index (χ1) is 23.0. The lowest BCUT2D eigenvalue weighted by Crippen LogP contribution is -2.62. The molecule has 6 amide bonds. The van der Waals surface area contributed by atoms with Crippen LogP contribution in [-0.4, -0.2) is 100 Å². The summed E-state index contributed by atoms with van der Waals surface area (Å²) in [5.74, 6) is -2.70. The molecule has 5 atom stereocenters. The van der Waals surface area contributed by atoms with Gasteiger partial charge < -0.3 is 36.2 Å². The van der Waals surface area contributed by atoms with Crippen molar-refractivity contribution < 1.29 is 33.9 Å². The number of Topliss-reactive ketones (excluding diaryl/α,β-unsaturated/α-hetero) is 1. The number of likely N-dealkylation sites (tertiary alicyclic amines) is 2. The molecular weight excluding hydrogens is 628 g/mol. The zero-order valence-electron chi connectivity index (χ0n) is 30.4. The van der Waals surface area contributed by atoms with Crippen LogP contribution in [0.1, 0.15) is 112 Å². The minimum Gasteiger partial charge on any atom is -0.374 e. The molecule has 3 aliphatic rings. The van der Waals surface area contributed by atoms with Crippen molar-refractivity contribution in [3.05, 3.63) is 12.7 Å². The molecule has 13 heteroatoms. The van der Waals surface area contributed by atoms with Crippen LogP contribution in [-0.2, 0) is 24.0 Å². The molecule has 0 radical (unpaired) electrons. The van der Waals surface area contributed by atoms with Crippen LogP contribution in [0.5, 0.6) is 0 Å². The number of amides is 6. The highest BCUT2D eigenvalue weighted by Gasteiger charge is 2.43. The SMILES string of the molecule is C=CCNC(=O)C(=O)C(CCC)NC(=O)[C@@H]1CCCN1C(=O)[C@@H](NC(=O)N[C@H](CN1C(=O)CC(C)(C)CC1O)C(C)(C)C)C1CCCCC1. The maximum atomic E-state index is 14.3. The molecule has 276 valence electrons. The molecule has 0 aromatic heterocycles. The largest absolute Gasteiger partial charge is 0.374 e. The number of aliphatic hydroxyl groups excluding tert-OH is 1. The lowest BCUT2D eigenvalue weighted by Gasteiger charge is -2.44. The van der Waals surface area contributed by atoms with Gasteiger partial charge in [0.25, 0.3) is 5.91 Å². The van der Waals surface area contributed by atoms with E-state index in [-0.39, 0.29) is 42.7 Å². The maximum Gasteiger partial charge on any atom is 0.315 e. The minimum atomic E-state index is -1.02. The molecule has 2 aliphatic heterocycles. The van der Waals surface area contributed by atoms with Crippen LogP contribution in [0.4, 0.5) is 4.79 Å². The van der Waals surface area contributed by atoms with Crippen molar-refractivity contribution in [3.8, 4) is 0 Å². The van der Waals surface area contributed by atoms with Gasteiger partial charge in [0.2, 0.25) is 23.5 Å². The third kappa shape index (κ3) is 11.0. The number of piperidine rings is 1. The molecule has 0 spiro atoms. The summed E-state index contributed by atoms with van der Waals surface area (Å²) in [6, 6.07) is -3.83. The predicted octanol–water partition coefficient (Wildman–Crippen LogP) is 2.76. The number of nitrogens with zero attached hydrogens (tertiary/aromatic N) is 2. The fourth-order valence-electron chi connectivity index (χ4n) is 7.22. The van der Waals surface area contributed by atoms with E-state index in [2.05, 4.69) is 27.8 Å². The summed E-state index contributed by atoms with van der Waals surface area (Å²) in [6.45, 7) is 15.7. The van der Waals surface area contributed by atoms with Crippen LogP contribution in [0.3, 0.4) is 0 Å². The number of aliphatic hydroxyl groups is 1. The van der Waals surface area contributed by atoms with Crippen LogP contribution in [0, 0.1) is 16.7 Å². The Morgan fingerprint density at radius 2 is 1.69 bits per heavy atom. The van der Waals surface area contributed by atoms with Crippen molar-refractivity contribution in [1.82, 2.24) is 31.1 Å². The highest BCUT2D eigenvalue weighted by atomic mass is 16.3. The van der Waals surface area contributed by atoms with Gasteiger partial charge in [-0.2, -0.15) is 0 Å². The predicted molar refractivity (Wildman–Crippen MR) is 186 cm³/mol. The van der Waals surface area contributed by atoms with Gasteiger partial charge in [-0.1, -0.05) is 73.3 Å². The number of hydrogen-bond acceptors (Lipinski definition) is 7. The molecule has 5 N–H and O–H groups in total. The van der Waals surface area contributed by atoms with Gasteiger partial charge >= 0.3 is 6.03 Å². The van der Waals surface area contributed by atoms with E-state index in [9.17, 15) is 33.9 Å². The van der Waals surface area contributed by atoms with Gasteiger partial charge in [0.15, 0.2) is 0 Å². The van der Waals surface area contributed by atoms with Crippen LogP contribution in [0.2, 0.25) is 0 Å². The first kappa shape index (κ1) is 40.0. The van der Waals surface area contributed by atoms with Gasteiger partial charge in [0, 0.05) is 26.1 Å². The molecule has 2 saturated heterocycles. The third-order valence-electron chi connectivity index (χ3n) is 10.1. The zero-order chi connectivity index (χ0) is 36.5. The van der Waals surface area contributed by atoms with Gasteiger partial charge in [0.05, 0.1) is 12.1 Å². The third-order valence-corrected chi connectivity index (χ3v) is 10.1. The van der Waals surface area contributed by atoms with E-state index in [0.717, 1.165) is 32.1 Å². The number of urea groups is 1. The maximum absolute atomic E-state index is 14.3. The number of carbonyl (C=O) groups is 6. The number of hydrogen-bond donors (Lipinski definition) is 5. The Bertz CT molecular complexity index is 1220. The Hall–Kier alpha value is -3.48. The summed E-state index contributed by atoms with van der Waals surface area (Å²) in [5.41, 5.74) is -0.804. The van der Waals surface area contributed by atoms with Crippen molar-refractivity contribution in [2.24, 2.45) is 16.7 Å². The Kier molecular flexibility index (Phi) is 14.2. The van der Waals surface area contributed by atoms with E-state index in [1.54, 1.807) is 0 Å². The molecule has 0 bridgehead atoms. The molecule has 0 aromatic rings. The van der Waals surface area contributed by atoms with Gasteiger partial charge in [0.1, 0.15) is 18.3 Å². The molecule has 13 nitrogen and oxygen atoms in total. The Balaban J connectivity index is 1.77. The number of rotatable bonds is 14. The smallest absolute Gasteiger partial charge is 0.315 e. The van der Waals surface area contributed by atoms with Gasteiger partial charge in [-0.05, 0) is 55.3 Å². The highest BCUT2D eigenvalue weighted by molar-refractivity contribution is 6.38. The summed E-state index contributed by atoms with van der Waals surface area (Å²) in [6.07, 6.45) is 7.41. The van der Waals surface area contributed by atoms with Crippen molar-refractivity contribution >= 4 is 35.4 Å². The first-order valence-electron chi connectivity index (χ1n) is 18.1. The van der Waals surface area contributed by atoms with E-state index >= 15 is 0 Å². The van der Waals surface area contributed by atoms with Crippen molar-refractivity contribution in [2.45, 2.75) is 143 Å². The molecule has 1 aliphatic carbocycles. The normalized spacial score (nSPS) is 23.2. The summed E-state index contributed by atoms with van der Waals surface area (Å²) in [5, 5.41) is 22.0. The van der Waals surface area contributed by atoms with Crippen LogP contribution in [0.25, 0.3) is 0 Å². The standard InChI is InChI=1S/C36H60N6O7/c1-8-14-24(30(45)32(47)37-18-9-2)38-31(46)25-17-13-19-41(25)33(48)29(23-15-11-10-12-16-23)40-34(49)39-26(35(3,4)5)22-42-27(43)20-36(6,7)21-28(42)44/h9,23-27,29,43H,2,8,10-22H2,1,3-7H3,(H,37,47)(H,38,46)(H2,39,40,49)/t24?,25-,26+,27?,29-/m0/s1. The molecule has 3 rings (SSSR count). The first-order valence-corrected chi connectivity index (χ1v) is 18.1. The van der Waals surface area contributed by atoms with Crippen molar-refractivity contribution in [3.63, 3.8) is 0 Å². The second-order valence-corrected chi connectivity index (χ2v) is 15.9. The van der Waals surface area contributed by atoms with Gasteiger partial charge in [-0.3, -0.25) is 24.0 Å². The topological polar surface area (TPSA) is 177 Å². The van der Waals surface area contributed by atoms with E-state index in [1.807, 2.05) is 41.5 Å². The molecule has 0 aromatic carbocycles. The lowest BCUT2D eigenvalue weighted by atomic mass is 9.80. The van der Waals surface area contributed by atoms with Gasteiger partial charge in [-0.25, -0.2) is 4.79 Å². The fourth-order valence-corrected chi connectivity index (χ4v) is 7.22. The quantitative estimate of drug-likeness (QED) is 0.138. The molecule has 3 fully saturated rings. The van der Waals surface area contributed by atoms with Gasteiger partial charge in [-0.15, -0.1) is 6.58 Å². The van der Waals surface area contributed by atoms with E-state index in [4.69, 9.17) is 0 Å². The number of carbonyl (C=O) groups excluding carboxylic acids is 6. The van der Waals surface area contributed by atoms with Crippen molar-refractivity contribution in [2.75, 3.05) is 19.6 Å². The Morgan fingerprint density at radius 3 is 2.29 bits per heavy atom. The fraction of sp³-hybridized carbons (Fsp3) is 0.778. The molecule has 2 heterocycles. The zero-order valence-corrected chi connectivity index (χ0v) is 30.4.